The largest absolute Gasteiger partial charge is 0.493 e. The Morgan fingerprint density at radius 2 is 2.20 bits per heavy atom. The number of rotatable bonds is 7. The van der Waals surface area contributed by atoms with Crippen LogP contribution >= 0.6 is 0 Å². The number of nitrogens with zero attached hydrogens (tertiary/aromatic N) is 3. The van der Waals surface area contributed by atoms with Crippen LogP contribution < -0.4 is 10.5 Å². The number of aliphatic hydroxyl groups is 1. The fraction of sp³-hybridized carbons (Fsp3) is 0.278. The maximum Gasteiger partial charge on any atom is 0.268 e. The van der Waals surface area contributed by atoms with Crippen LogP contribution in [-0.4, -0.2) is 38.3 Å². The molecule has 3 N–H and O–H groups in total. The van der Waals surface area contributed by atoms with Crippen molar-refractivity contribution in [2.24, 2.45) is 5.73 Å². The molecule has 2 atom stereocenters. The molecule has 2 heterocycles. The number of pyridine rings is 1. The summed E-state index contributed by atoms with van der Waals surface area (Å²) in [6.45, 7) is 2.10. The summed E-state index contributed by atoms with van der Waals surface area (Å²) >= 11 is 0. The third-order valence-corrected chi connectivity index (χ3v) is 4.09. The second kappa shape index (κ2) is 7.31. The first kappa shape index (κ1) is 16.9. The maximum absolute atomic E-state index is 11.2. The number of aromatic nitrogens is 3. The molecule has 0 bridgehead atoms. The Kier molecular flexibility index (Phi) is 4.95. The minimum atomic E-state index is -0.626. The minimum Gasteiger partial charge on any atom is -0.493 e. The summed E-state index contributed by atoms with van der Waals surface area (Å²) in [6.07, 6.45) is 6.51. The average molecular weight is 340 g/mol. The van der Waals surface area contributed by atoms with Crippen LogP contribution in [0, 0.1) is 0 Å². The van der Waals surface area contributed by atoms with Gasteiger partial charge in [0.15, 0.2) is 0 Å². The zero-order chi connectivity index (χ0) is 17.8. The molecule has 25 heavy (non-hydrogen) atoms. The van der Waals surface area contributed by atoms with Gasteiger partial charge < -0.3 is 20.1 Å². The van der Waals surface area contributed by atoms with Gasteiger partial charge >= 0.3 is 0 Å². The summed E-state index contributed by atoms with van der Waals surface area (Å²) in [7, 11) is 0. The Hall–Kier alpha value is -2.93. The van der Waals surface area contributed by atoms with Gasteiger partial charge in [-0.05, 0) is 30.5 Å². The SMILES string of the molecule is C[C@H](O)[C@@H](CCOc1ccc2ccncc2c1)n1cnc(C(N)=O)c1. The van der Waals surface area contributed by atoms with E-state index < -0.39 is 12.0 Å². The Bertz CT molecular complexity index is 875. The van der Waals surface area contributed by atoms with Crippen molar-refractivity contribution < 1.29 is 14.6 Å². The van der Waals surface area contributed by atoms with Crippen molar-refractivity contribution in [1.82, 2.24) is 14.5 Å². The summed E-state index contributed by atoms with van der Waals surface area (Å²) in [5.74, 6) is 0.150. The molecule has 7 heteroatoms. The zero-order valence-corrected chi connectivity index (χ0v) is 13.9. The number of nitrogens with two attached hydrogens (primary N) is 1. The lowest BCUT2D eigenvalue weighted by atomic mass is 10.1. The van der Waals surface area contributed by atoms with E-state index in [9.17, 15) is 9.90 Å². The number of aliphatic hydroxyl groups excluding tert-OH is 1. The fourth-order valence-corrected chi connectivity index (χ4v) is 2.74. The number of amides is 1. The van der Waals surface area contributed by atoms with Crippen LogP contribution in [0.1, 0.15) is 29.9 Å². The lowest BCUT2D eigenvalue weighted by molar-refractivity contribution is 0.0993. The van der Waals surface area contributed by atoms with E-state index in [1.807, 2.05) is 24.3 Å². The highest BCUT2D eigenvalue weighted by molar-refractivity contribution is 5.90. The molecule has 3 rings (SSSR count). The number of carbonyl (C=O) groups excluding carboxylic acids is 1. The van der Waals surface area contributed by atoms with Crippen LogP contribution in [0.15, 0.2) is 49.2 Å². The van der Waals surface area contributed by atoms with E-state index in [0.717, 1.165) is 16.5 Å². The molecular formula is C18H20N4O3. The lowest BCUT2D eigenvalue weighted by Crippen LogP contribution is -2.23. The molecular weight excluding hydrogens is 320 g/mol. The van der Waals surface area contributed by atoms with E-state index in [4.69, 9.17) is 10.5 Å². The molecule has 0 aliphatic heterocycles. The number of hydrogen-bond donors (Lipinski definition) is 2. The van der Waals surface area contributed by atoms with Gasteiger partial charge in [0, 0.05) is 30.4 Å². The van der Waals surface area contributed by atoms with Crippen LogP contribution in [0.2, 0.25) is 0 Å². The Labute approximate surface area is 145 Å². The summed E-state index contributed by atoms with van der Waals surface area (Å²) in [5.41, 5.74) is 5.39. The van der Waals surface area contributed by atoms with Crippen molar-refractivity contribution in [3.8, 4) is 5.75 Å². The summed E-state index contributed by atoms with van der Waals surface area (Å²) in [4.78, 5) is 19.2. The van der Waals surface area contributed by atoms with E-state index in [1.54, 1.807) is 30.1 Å². The van der Waals surface area contributed by atoms with E-state index in [0.29, 0.717) is 13.0 Å². The molecule has 0 unspecified atom stereocenters. The third-order valence-electron chi connectivity index (χ3n) is 4.09. The standard InChI is InChI=1S/C18H20N4O3/c1-12(23)17(22-10-16(18(19)24)21-11-22)5-7-25-15-3-2-13-4-6-20-9-14(13)8-15/h2-4,6,8-12,17,23H,5,7H2,1H3,(H2,19,24)/t12-,17+/m0/s1. The van der Waals surface area contributed by atoms with Crippen LogP contribution in [0.5, 0.6) is 5.75 Å². The molecule has 1 aromatic carbocycles. The van der Waals surface area contributed by atoms with E-state index in [-0.39, 0.29) is 11.7 Å². The predicted molar refractivity (Wildman–Crippen MR) is 93.3 cm³/mol. The molecule has 0 spiro atoms. The summed E-state index contributed by atoms with van der Waals surface area (Å²) < 4.78 is 7.50. The normalized spacial score (nSPS) is 13.5. The van der Waals surface area contributed by atoms with E-state index in [2.05, 4.69) is 9.97 Å². The number of hydrogen-bond acceptors (Lipinski definition) is 5. The Morgan fingerprint density at radius 3 is 2.92 bits per heavy atom. The number of imidazole rings is 1. The third kappa shape index (κ3) is 3.95. The molecule has 0 saturated carbocycles. The Morgan fingerprint density at radius 1 is 1.36 bits per heavy atom. The van der Waals surface area contributed by atoms with Crippen LogP contribution in [-0.2, 0) is 0 Å². The molecule has 1 amide bonds. The molecule has 2 aromatic heterocycles. The van der Waals surface area contributed by atoms with Gasteiger partial charge in [-0.15, -0.1) is 0 Å². The molecule has 0 aliphatic rings. The molecule has 7 nitrogen and oxygen atoms in total. The molecule has 130 valence electrons. The lowest BCUT2D eigenvalue weighted by Gasteiger charge is -2.21. The Balaban J connectivity index is 1.65. The molecule has 0 radical (unpaired) electrons. The second-order valence-electron chi connectivity index (χ2n) is 5.90. The van der Waals surface area contributed by atoms with Gasteiger partial charge in [0.2, 0.25) is 0 Å². The van der Waals surface area contributed by atoms with Gasteiger partial charge in [-0.25, -0.2) is 4.98 Å². The molecule has 0 aliphatic carbocycles. The molecule has 0 fully saturated rings. The van der Waals surface area contributed by atoms with Crippen molar-refractivity contribution in [2.75, 3.05) is 6.61 Å². The van der Waals surface area contributed by atoms with Gasteiger partial charge in [-0.2, -0.15) is 0 Å². The monoisotopic (exact) mass is 340 g/mol. The number of carbonyl (C=O) groups is 1. The molecule has 3 aromatic rings. The molecule has 0 saturated heterocycles. The second-order valence-corrected chi connectivity index (χ2v) is 5.90. The first-order valence-corrected chi connectivity index (χ1v) is 8.02. The van der Waals surface area contributed by atoms with Crippen LogP contribution in [0.4, 0.5) is 0 Å². The van der Waals surface area contributed by atoms with Crippen LogP contribution in [0.3, 0.4) is 0 Å². The van der Waals surface area contributed by atoms with Gasteiger partial charge in [-0.1, -0.05) is 6.07 Å². The first-order valence-electron chi connectivity index (χ1n) is 8.02. The fourth-order valence-electron chi connectivity index (χ4n) is 2.74. The van der Waals surface area contributed by atoms with E-state index >= 15 is 0 Å². The van der Waals surface area contributed by atoms with Gasteiger partial charge in [-0.3, -0.25) is 9.78 Å². The van der Waals surface area contributed by atoms with Gasteiger partial charge in [0.05, 0.1) is 25.1 Å². The van der Waals surface area contributed by atoms with Gasteiger partial charge in [0.25, 0.3) is 5.91 Å². The van der Waals surface area contributed by atoms with Crippen LogP contribution in [0.25, 0.3) is 10.8 Å². The van der Waals surface area contributed by atoms with E-state index in [1.165, 1.54) is 6.33 Å². The quantitative estimate of drug-likeness (QED) is 0.684. The number of benzene rings is 1. The summed E-state index contributed by atoms with van der Waals surface area (Å²) in [5, 5.41) is 12.1. The van der Waals surface area contributed by atoms with Gasteiger partial charge in [0.1, 0.15) is 11.4 Å². The number of primary amides is 1. The number of ether oxygens (including phenoxy) is 1. The minimum absolute atomic E-state index is 0.175. The number of fused-ring (bicyclic) bond motifs is 1. The predicted octanol–water partition coefficient (Wildman–Crippen LogP) is 1.92. The topological polar surface area (TPSA) is 103 Å². The van der Waals surface area contributed by atoms with Crippen molar-refractivity contribution in [2.45, 2.75) is 25.5 Å². The van der Waals surface area contributed by atoms with Crippen molar-refractivity contribution in [1.29, 1.82) is 0 Å². The van der Waals surface area contributed by atoms with Crippen molar-refractivity contribution in [3.05, 3.63) is 54.9 Å². The summed E-state index contributed by atoms with van der Waals surface area (Å²) in [6, 6.07) is 7.50. The average Bonchev–Trinajstić information content (AvgIpc) is 3.08. The smallest absolute Gasteiger partial charge is 0.268 e. The first-order chi connectivity index (χ1) is 12.0. The highest BCUT2D eigenvalue weighted by Gasteiger charge is 2.18. The van der Waals surface area contributed by atoms with Crippen molar-refractivity contribution in [3.63, 3.8) is 0 Å². The zero-order valence-electron chi connectivity index (χ0n) is 13.9. The highest BCUT2D eigenvalue weighted by atomic mass is 16.5. The highest BCUT2D eigenvalue weighted by Crippen LogP contribution is 2.22. The maximum atomic E-state index is 11.2. The van der Waals surface area contributed by atoms with Crippen molar-refractivity contribution >= 4 is 16.7 Å².